The molecule has 0 aliphatic carbocycles. The maximum Gasteiger partial charge on any atom is 0.282 e. The van der Waals surface area contributed by atoms with Gasteiger partial charge in [-0.2, -0.15) is 12.8 Å². The first kappa shape index (κ1) is 18.6. The molecular formula is C22H19NO3S. The van der Waals surface area contributed by atoms with E-state index in [1.807, 2.05) is 60.7 Å². The van der Waals surface area contributed by atoms with Gasteiger partial charge in [-0.15, -0.1) is 0 Å². The Labute approximate surface area is 159 Å². The minimum Gasteiger partial charge on any atom is -0.497 e. The van der Waals surface area contributed by atoms with E-state index in [-0.39, 0.29) is 4.90 Å². The summed E-state index contributed by atoms with van der Waals surface area (Å²) in [6.45, 7) is 0. The van der Waals surface area contributed by atoms with Crippen LogP contribution in [0, 0.1) is 0 Å². The molecule has 0 aromatic heterocycles. The number of hydrogen-bond acceptors (Lipinski definition) is 3. The summed E-state index contributed by atoms with van der Waals surface area (Å²) in [6, 6.07) is 24.9. The SMILES string of the molecule is COc1cccc(/C=C/C(=N/S(=O)(=O)c2ccccc2)c2ccccc2)c1. The van der Waals surface area contributed by atoms with Crippen LogP contribution in [-0.2, 0) is 10.0 Å². The Kier molecular flexibility index (Phi) is 5.84. The summed E-state index contributed by atoms with van der Waals surface area (Å²) in [4.78, 5) is 0.160. The summed E-state index contributed by atoms with van der Waals surface area (Å²) in [7, 11) is -2.21. The fourth-order valence-electron chi connectivity index (χ4n) is 2.48. The lowest BCUT2D eigenvalue weighted by molar-refractivity contribution is 0.414. The predicted molar refractivity (Wildman–Crippen MR) is 109 cm³/mol. The summed E-state index contributed by atoms with van der Waals surface area (Å²) < 4.78 is 34.7. The van der Waals surface area contributed by atoms with Gasteiger partial charge in [-0.25, -0.2) is 0 Å². The van der Waals surface area contributed by atoms with E-state index in [9.17, 15) is 8.42 Å². The Bertz CT molecular complexity index is 1060. The van der Waals surface area contributed by atoms with Gasteiger partial charge in [0.15, 0.2) is 0 Å². The van der Waals surface area contributed by atoms with Crippen molar-refractivity contribution in [3.63, 3.8) is 0 Å². The van der Waals surface area contributed by atoms with Gasteiger partial charge in [-0.1, -0.05) is 66.7 Å². The van der Waals surface area contributed by atoms with E-state index < -0.39 is 10.0 Å². The van der Waals surface area contributed by atoms with Crippen molar-refractivity contribution in [2.24, 2.45) is 4.40 Å². The number of methoxy groups -OCH3 is 1. The van der Waals surface area contributed by atoms with Gasteiger partial charge in [-0.05, 0) is 35.9 Å². The van der Waals surface area contributed by atoms with Gasteiger partial charge in [0.1, 0.15) is 5.75 Å². The van der Waals surface area contributed by atoms with Crippen molar-refractivity contribution in [1.82, 2.24) is 0 Å². The minimum absolute atomic E-state index is 0.160. The number of hydrogen-bond donors (Lipinski definition) is 0. The molecule has 5 heteroatoms. The molecule has 4 nitrogen and oxygen atoms in total. The van der Waals surface area contributed by atoms with Gasteiger partial charge in [0.25, 0.3) is 10.0 Å². The van der Waals surface area contributed by atoms with E-state index in [0.717, 1.165) is 16.9 Å². The second-order valence-electron chi connectivity index (χ2n) is 5.74. The van der Waals surface area contributed by atoms with Crippen LogP contribution in [0.25, 0.3) is 6.08 Å². The normalized spacial score (nSPS) is 12.3. The Morgan fingerprint density at radius 3 is 2.22 bits per heavy atom. The fourth-order valence-corrected chi connectivity index (χ4v) is 3.51. The van der Waals surface area contributed by atoms with Crippen molar-refractivity contribution in [2.75, 3.05) is 7.11 Å². The highest BCUT2D eigenvalue weighted by atomic mass is 32.2. The van der Waals surface area contributed by atoms with Crippen molar-refractivity contribution in [1.29, 1.82) is 0 Å². The van der Waals surface area contributed by atoms with Crippen LogP contribution in [-0.4, -0.2) is 21.2 Å². The maximum absolute atomic E-state index is 12.7. The topological polar surface area (TPSA) is 55.7 Å². The lowest BCUT2D eigenvalue weighted by Crippen LogP contribution is -2.04. The summed E-state index contributed by atoms with van der Waals surface area (Å²) in [5.74, 6) is 0.729. The largest absolute Gasteiger partial charge is 0.497 e. The van der Waals surface area contributed by atoms with Crippen molar-refractivity contribution >= 4 is 21.8 Å². The zero-order valence-electron chi connectivity index (χ0n) is 14.8. The third-order valence-electron chi connectivity index (χ3n) is 3.86. The zero-order chi connectivity index (χ0) is 19.1. The van der Waals surface area contributed by atoms with Gasteiger partial charge >= 0.3 is 0 Å². The molecule has 0 atom stereocenters. The Hall–Kier alpha value is -3.18. The molecule has 0 aliphatic heterocycles. The van der Waals surface area contributed by atoms with E-state index in [1.54, 1.807) is 31.4 Å². The van der Waals surface area contributed by atoms with E-state index in [0.29, 0.717) is 5.71 Å². The van der Waals surface area contributed by atoms with Gasteiger partial charge in [0.05, 0.1) is 17.7 Å². The van der Waals surface area contributed by atoms with Crippen LogP contribution in [0.5, 0.6) is 5.75 Å². The summed E-state index contributed by atoms with van der Waals surface area (Å²) >= 11 is 0. The van der Waals surface area contributed by atoms with E-state index in [1.165, 1.54) is 12.1 Å². The number of ether oxygens (including phenoxy) is 1. The predicted octanol–water partition coefficient (Wildman–Crippen LogP) is 4.59. The van der Waals surface area contributed by atoms with Crippen LogP contribution in [0.15, 0.2) is 100 Å². The molecule has 3 aromatic carbocycles. The van der Waals surface area contributed by atoms with Crippen LogP contribution in [0.2, 0.25) is 0 Å². The van der Waals surface area contributed by atoms with E-state index in [4.69, 9.17) is 4.74 Å². The number of nitrogens with zero attached hydrogens (tertiary/aromatic N) is 1. The lowest BCUT2D eigenvalue weighted by atomic mass is 10.1. The summed E-state index contributed by atoms with van der Waals surface area (Å²) in [5, 5.41) is 0. The number of rotatable bonds is 6. The fraction of sp³-hybridized carbons (Fsp3) is 0.0455. The van der Waals surface area contributed by atoms with Crippen LogP contribution >= 0.6 is 0 Å². The average Bonchev–Trinajstić information content (AvgIpc) is 2.72. The number of allylic oxidation sites excluding steroid dienone is 1. The van der Waals surface area contributed by atoms with Crippen molar-refractivity contribution in [3.8, 4) is 5.75 Å². The third-order valence-corrected chi connectivity index (χ3v) is 5.16. The highest BCUT2D eigenvalue weighted by Gasteiger charge is 2.13. The van der Waals surface area contributed by atoms with Crippen molar-refractivity contribution < 1.29 is 13.2 Å². The Balaban J connectivity index is 2.03. The third kappa shape index (κ3) is 4.92. The highest BCUT2D eigenvalue weighted by Crippen LogP contribution is 2.17. The average molecular weight is 377 g/mol. The number of sulfonamides is 1. The van der Waals surface area contributed by atoms with E-state index in [2.05, 4.69) is 4.40 Å². The second kappa shape index (κ2) is 8.47. The molecule has 27 heavy (non-hydrogen) atoms. The first-order valence-electron chi connectivity index (χ1n) is 8.36. The first-order chi connectivity index (χ1) is 13.1. The molecule has 0 amide bonds. The Morgan fingerprint density at radius 2 is 1.56 bits per heavy atom. The zero-order valence-corrected chi connectivity index (χ0v) is 15.6. The molecule has 136 valence electrons. The second-order valence-corrected chi connectivity index (χ2v) is 7.34. The molecule has 0 bridgehead atoms. The van der Waals surface area contributed by atoms with Gasteiger partial charge < -0.3 is 4.74 Å². The molecule has 0 fully saturated rings. The number of benzene rings is 3. The quantitative estimate of drug-likeness (QED) is 0.591. The van der Waals surface area contributed by atoms with Crippen molar-refractivity contribution in [3.05, 3.63) is 102 Å². The molecule has 0 aliphatic rings. The summed E-state index contributed by atoms with van der Waals surface area (Å²) in [5.41, 5.74) is 1.97. The standard InChI is InChI=1S/C22H19NO3S/c1-26-20-12-8-9-18(17-20)15-16-22(19-10-4-2-5-11-19)23-27(24,25)21-13-6-3-7-14-21/h2-17H,1H3/b16-15+,23-22-. The van der Waals surface area contributed by atoms with Crippen LogP contribution in [0.3, 0.4) is 0 Å². The van der Waals surface area contributed by atoms with Crippen LogP contribution < -0.4 is 4.74 Å². The van der Waals surface area contributed by atoms with Crippen LogP contribution in [0.1, 0.15) is 11.1 Å². The minimum atomic E-state index is -3.81. The highest BCUT2D eigenvalue weighted by molar-refractivity contribution is 7.90. The lowest BCUT2D eigenvalue weighted by Gasteiger charge is -2.04. The monoisotopic (exact) mass is 377 g/mol. The summed E-state index contributed by atoms with van der Waals surface area (Å²) in [6.07, 6.45) is 3.51. The van der Waals surface area contributed by atoms with Crippen molar-refractivity contribution in [2.45, 2.75) is 4.90 Å². The molecule has 0 N–H and O–H groups in total. The van der Waals surface area contributed by atoms with Gasteiger partial charge in [-0.3, -0.25) is 0 Å². The molecule has 0 radical (unpaired) electrons. The molecular weight excluding hydrogens is 358 g/mol. The van der Waals surface area contributed by atoms with Gasteiger partial charge in [0.2, 0.25) is 0 Å². The molecule has 0 saturated heterocycles. The molecule has 0 spiro atoms. The molecule has 3 rings (SSSR count). The molecule has 0 unspecified atom stereocenters. The maximum atomic E-state index is 12.7. The first-order valence-corrected chi connectivity index (χ1v) is 9.80. The smallest absolute Gasteiger partial charge is 0.282 e. The molecule has 0 heterocycles. The van der Waals surface area contributed by atoms with Crippen LogP contribution in [0.4, 0.5) is 0 Å². The molecule has 3 aromatic rings. The Morgan fingerprint density at radius 1 is 0.889 bits per heavy atom. The van der Waals surface area contributed by atoms with Gasteiger partial charge in [0, 0.05) is 5.56 Å². The van der Waals surface area contributed by atoms with E-state index >= 15 is 0 Å². The molecule has 0 saturated carbocycles.